The molecule has 2 fully saturated rings. The number of hydrogen-bond acceptors (Lipinski definition) is 7. The number of H-pyrrole nitrogens is 1. The fraction of sp³-hybridized carbons (Fsp3) is 0.300. The lowest BCUT2D eigenvalue weighted by Gasteiger charge is -2.31. The summed E-state index contributed by atoms with van der Waals surface area (Å²) < 4.78 is 47.8. The number of nitrogens with one attached hydrogen (secondary N) is 3. The van der Waals surface area contributed by atoms with E-state index in [0.717, 1.165) is 74.0 Å². The Bertz CT molecular complexity index is 1580. The molecule has 2 aliphatic rings. The van der Waals surface area contributed by atoms with Gasteiger partial charge in [-0.2, -0.15) is 4.72 Å². The molecule has 8 nitrogen and oxygen atoms in total. The van der Waals surface area contributed by atoms with Gasteiger partial charge in [-0.1, -0.05) is 12.1 Å². The third kappa shape index (κ3) is 5.83. The van der Waals surface area contributed by atoms with E-state index in [-0.39, 0.29) is 17.2 Å². The quantitative estimate of drug-likeness (QED) is 0.136. The van der Waals surface area contributed by atoms with E-state index in [1.807, 2.05) is 24.3 Å². The number of pyridine rings is 1. The number of aldehydes is 1. The van der Waals surface area contributed by atoms with Crippen LogP contribution in [0.2, 0.25) is 0 Å². The summed E-state index contributed by atoms with van der Waals surface area (Å²) >= 11 is -1.79. The van der Waals surface area contributed by atoms with E-state index in [1.54, 1.807) is 12.3 Å². The molecule has 212 valence electrons. The van der Waals surface area contributed by atoms with Crippen LogP contribution in [0.15, 0.2) is 54.9 Å². The van der Waals surface area contributed by atoms with Gasteiger partial charge in [0.05, 0.1) is 5.56 Å². The Kier molecular flexibility index (Phi) is 7.74. The molecule has 1 aliphatic heterocycles. The summed E-state index contributed by atoms with van der Waals surface area (Å²) in [4.78, 5) is 34.1. The van der Waals surface area contributed by atoms with Crippen molar-refractivity contribution in [2.75, 3.05) is 29.3 Å². The van der Waals surface area contributed by atoms with Crippen molar-refractivity contribution in [2.45, 2.75) is 25.7 Å². The number of fused-ring (bicyclic) bond motifs is 1. The molecule has 2 aromatic carbocycles. The monoisotopic (exact) mass is 577 g/mol. The minimum atomic E-state index is -1.79. The molecule has 11 heteroatoms. The zero-order chi connectivity index (χ0) is 28.5. The summed E-state index contributed by atoms with van der Waals surface area (Å²) in [5.41, 5.74) is 2.20. The van der Waals surface area contributed by atoms with E-state index < -0.39 is 34.5 Å². The van der Waals surface area contributed by atoms with Crippen molar-refractivity contribution in [1.29, 1.82) is 0 Å². The molecule has 41 heavy (non-hydrogen) atoms. The van der Waals surface area contributed by atoms with Gasteiger partial charge in [-0.15, -0.1) is 4.72 Å². The number of carbonyl (C=O) groups excluding carboxylic acids is 2. The van der Waals surface area contributed by atoms with Crippen LogP contribution in [0.4, 0.5) is 20.2 Å². The highest BCUT2D eigenvalue weighted by molar-refractivity contribution is 7.90. The maximum Gasteiger partial charge on any atom is 0.201 e. The van der Waals surface area contributed by atoms with Gasteiger partial charge >= 0.3 is 0 Å². The number of aromatic amines is 1. The predicted octanol–water partition coefficient (Wildman–Crippen LogP) is 5.14. The number of aromatic nitrogens is 2. The molecule has 1 saturated heterocycles. The summed E-state index contributed by atoms with van der Waals surface area (Å²) in [5, 5.41) is 0.430. The molecular formula is C30H29F2N5O3S. The standard InChI is InChI=1S/C30H29F2N5O3S/c31-25-7-8-26(36-41(40)35-14-18-1-2-18)28(32)27(25)29(39)24-16-34-30-23(24)13-21(15-33-30)20-3-5-22(6-4-20)37-11-9-19(17-38)10-12-37/h3-8,13,15-19,35-36H,1-2,9-12,14H2,(H,33,34). The van der Waals surface area contributed by atoms with Crippen molar-refractivity contribution >= 4 is 46.0 Å². The fourth-order valence-corrected chi connectivity index (χ4v) is 5.95. The van der Waals surface area contributed by atoms with E-state index in [2.05, 4.69) is 24.3 Å². The van der Waals surface area contributed by atoms with Crippen LogP contribution < -0.4 is 14.3 Å². The predicted molar refractivity (Wildman–Crippen MR) is 155 cm³/mol. The first-order chi connectivity index (χ1) is 19.9. The van der Waals surface area contributed by atoms with E-state index >= 15 is 4.39 Å². The van der Waals surface area contributed by atoms with Gasteiger partial charge in [-0.3, -0.25) is 4.79 Å². The molecular weight excluding hydrogens is 548 g/mol. The second-order valence-electron chi connectivity index (χ2n) is 10.6. The molecule has 0 radical (unpaired) electrons. The molecule has 4 aromatic rings. The zero-order valence-corrected chi connectivity index (χ0v) is 23.0. The first-order valence-corrected chi connectivity index (χ1v) is 14.8. The van der Waals surface area contributed by atoms with Crippen LogP contribution in [0.5, 0.6) is 0 Å². The highest BCUT2D eigenvalue weighted by atomic mass is 32.2. The molecule has 3 heterocycles. The highest BCUT2D eigenvalue weighted by Crippen LogP contribution is 2.31. The van der Waals surface area contributed by atoms with E-state index in [1.165, 1.54) is 6.20 Å². The van der Waals surface area contributed by atoms with E-state index in [4.69, 9.17) is 0 Å². The smallest absolute Gasteiger partial charge is 0.201 e. The molecule has 1 aliphatic carbocycles. The van der Waals surface area contributed by atoms with Crippen molar-refractivity contribution in [1.82, 2.24) is 14.7 Å². The summed E-state index contributed by atoms with van der Waals surface area (Å²) in [6.45, 7) is 2.17. The molecule has 1 atom stereocenters. The second kappa shape index (κ2) is 11.6. The molecule has 2 aromatic heterocycles. The number of rotatable bonds is 10. The molecule has 3 N–H and O–H groups in total. The SMILES string of the molecule is O=CC1CCN(c2ccc(-c3cnc4[nH]cc(C(=O)c5c(F)ccc(N[S+]([O-])NCC6CC6)c5F)c4c3)cc2)CC1. The summed E-state index contributed by atoms with van der Waals surface area (Å²) in [6, 6.07) is 11.8. The van der Waals surface area contributed by atoms with E-state index in [0.29, 0.717) is 23.5 Å². The Morgan fingerprint density at radius 1 is 1.10 bits per heavy atom. The number of ketones is 1. The number of piperidine rings is 1. The number of hydrogen-bond donors (Lipinski definition) is 3. The van der Waals surface area contributed by atoms with Gasteiger partial charge in [0.15, 0.2) is 17.4 Å². The number of nitrogens with zero attached hydrogens (tertiary/aromatic N) is 2. The average molecular weight is 578 g/mol. The van der Waals surface area contributed by atoms with Crippen LogP contribution in [-0.4, -0.2) is 46.2 Å². The minimum absolute atomic E-state index is 0.0759. The number of benzene rings is 2. The maximum absolute atomic E-state index is 15.4. The van der Waals surface area contributed by atoms with Crippen molar-refractivity contribution in [3.63, 3.8) is 0 Å². The number of anilines is 2. The third-order valence-corrected chi connectivity index (χ3v) is 8.63. The lowest BCUT2D eigenvalue weighted by molar-refractivity contribution is -0.111. The zero-order valence-electron chi connectivity index (χ0n) is 22.2. The van der Waals surface area contributed by atoms with Crippen molar-refractivity contribution in [3.8, 4) is 11.1 Å². The van der Waals surface area contributed by atoms with Gasteiger partial charge in [-0.05, 0) is 67.5 Å². The van der Waals surface area contributed by atoms with Gasteiger partial charge in [-0.25, -0.2) is 13.8 Å². The summed E-state index contributed by atoms with van der Waals surface area (Å²) in [5.74, 6) is -2.38. The largest absolute Gasteiger partial charge is 0.574 e. The fourth-order valence-electron chi connectivity index (χ4n) is 5.13. The van der Waals surface area contributed by atoms with Crippen molar-refractivity contribution in [3.05, 3.63) is 77.6 Å². The van der Waals surface area contributed by atoms with Crippen molar-refractivity contribution in [2.24, 2.45) is 11.8 Å². The number of carbonyl (C=O) groups is 2. The Morgan fingerprint density at radius 2 is 1.85 bits per heavy atom. The van der Waals surface area contributed by atoms with Crippen LogP contribution >= 0.6 is 0 Å². The Morgan fingerprint density at radius 3 is 2.56 bits per heavy atom. The van der Waals surface area contributed by atoms with Crippen molar-refractivity contribution < 1.29 is 22.9 Å². The Hall–Kier alpha value is -3.80. The first-order valence-electron chi connectivity index (χ1n) is 13.6. The third-order valence-electron chi connectivity index (χ3n) is 7.79. The molecule has 0 spiro atoms. The molecule has 6 rings (SSSR count). The lowest BCUT2D eigenvalue weighted by Crippen LogP contribution is -2.33. The normalized spacial score (nSPS) is 16.6. The Balaban J connectivity index is 1.24. The van der Waals surface area contributed by atoms with Gasteiger partial charge in [0.1, 0.15) is 23.4 Å². The van der Waals surface area contributed by atoms with Gasteiger partial charge in [0.25, 0.3) is 0 Å². The first kappa shape index (κ1) is 27.4. The Labute approximate surface area is 239 Å². The van der Waals surface area contributed by atoms with Crippen LogP contribution in [-0.2, 0) is 16.3 Å². The van der Waals surface area contributed by atoms with Crippen LogP contribution in [0.1, 0.15) is 41.6 Å². The molecule has 1 saturated carbocycles. The van der Waals surface area contributed by atoms with Gasteiger partial charge in [0.2, 0.25) is 5.78 Å². The molecule has 0 amide bonds. The van der Waals surface area contributed by atoms with E-state index in [9.17, 15) is 18.5 Å². The van der Waals surface area contributed by atoms with Crippen LogP contribution in [0, 0.1) is 23.5 Å². The van der Waals surface area contributed by atoms with Crippen LogP contribution in [0.3, 0.4) is 0 Å². The molecule has 0 bridgehead atoms. The molecule has 1 unspecified atom stereocenters. The second-order valence-corrected chi connectivity index (χ2v) is 11.6. The summed E-state index contributed by atoms with van der Waals surface area (Å²) in [7, 11) is 0. The topological polar surface area (TPSA) is 113 Å². The summed E-state index contributed by atoms with van der Waals surface area (Å²) in [6.07, 6.45) is 7.90. The maximum atomic E-state index is 15.4. The number of halogens is 2. The minimum Gasteiger partial charge on any atom is -0.574 e. The van der Waals surface area contributed by atoms with Crippen LogP contribution in [0.25, 0.3) is 22.2 Å². The lowest BCUT2D eigenvalue weighted by atomic mass is 9.97. The highest BCUT2D eigenvalue weighted by Gasteiger charge is 2.27. The van der Waals surface area contributed by atoms with Gasteiger partial charge < -0.3 is 19.2 Å². The average Bonchev–Trinajstić information content (AvgIpc) is 3.74. The van der Waals surface area contributed by atoms with Gasteiger partial charge in [0, 0.05) is 60.1 Å².